The highest BCUT2D eigenvalue weighted by Crippen LogP contribution is 2.39. The average Bonchev–Trinajstić information content (AvgIpc) is 3.24. The molecule has 0 radical (unpaired) electrons. The van der Waals surface area contributed by atoms with E-state index in [1.807, 2.05) is 24.3 Å². The molecule has 2 heterocycles. The minimum absolute atomic E-state index is 0.0307. The quantitative estimate of drug-likeness (QED) is 0.383. The summed E-state index contributed by atoms with van der Waals surface area (Å²) >= 11 is 3.09. The van der Waals surface area contributed by atoms with Gasteiger partial charge in [0.25, 0.3) is 11.6 Å². The van der Waals surface area contributed by atoms with Crippen LogP contribution in [0.1, 0.15) is 21.3 Å². The van der Waals surface area contributed by atoms with Gasteiger partial charge in [0, 0.05) is 33.5 Å². The van der Waals surface area contributed by atoms with E-state index in [4.69, 9.17) is 0 Å². The third-order valence-corrected chi connectivity index (χ3v) is 6.63. The fourth-order valence-corrected chi connectivity index (χ4v) is 5.27. The number of hydrogen-bond donors (Lipinski definition) is 2. The Balaban J connectivity index is 1.45. The van der Waals surface area contributed by atoms with Gasteiger partial charge in [0.2, 0.25) is 0 Å². The minimum atomic E-state index is -0.934. The van der Waals surface area contributed by atoms with Crippen molar-refractivity contribution in [2.45, 2.75) is 6.10 Å². The van der Waals surface area contributed by atoms with Crippen LogP contribution in [0.5, 0.6) is 0 Å². The summed E-state index contributed by atoms with van der Waals surface area (Å²) in [7, 11) is 0. The zero-order valence-corrected chi connectivity index (χ0v) is 15.5. The number of thiophene rings is 2. The Labute approximate surface area is 161 Å². The normalized spacial score (nSPS) is 12.3. The van der Waals surface area contributed by atoms with Crippen molar-refractivity contribution < 1.29 is 14.8 Å². The molecule has 6 nitrogen and oxygen atoms in total. The number of amides is 1. The van der Waals surface area contributed by atoms with Crippen molar-refractivity contribution in [3.63, 3.8) is 0 Å². The van der Waals surface area contributed by atoms with Crippen LogP contribution in [0.25, 0.3) is 19.5 Å². The summed E-state index contributed by atoms with van der Waals surface area (Å²) in [6.07, 6.45) is -0.934. The maximum Gasteiger partial charge on any atom is 0.269 e. The summed E-state index contributed by atoms with van der Waals surface area (Å²) in [4.78, 5) is 23.2. The lowest BCUT2D eigenvalue weighted by Gasteiger charge is -2.11. The van der Waals surface area contributed by atoms with Gasteiger partial charge in [0.15, 0.2) is 0 Å². The summed E-state index contributed by atoms with van der Waals surface area (Å²) < 4.78 is 3.36. The van der Waals surface area contributed by atoms with Crippen molar-refractivity contribution in [2.75, 3.05) is 6.54 Å². The molecule has 0 aliphatic carbocycles. The summed E-state index contributed by atoms with van der Waals surface area (Å²) in [6.45, 7) is 0.0307. The second-order valence-corrected chi connectivity index (χ2v) is 8.11. The number of benzene rings is 2. The first-order chi connectivity index (χ1) is 13.0. The molecule has 0 aliphatic heterocycles. The van der Waals surface area contributed by atoms with E-state index in [9.17, 15) is 20.0 Å². The molecule has 1 atom stereocenters. The van der Waals surface area contributed by atoms with E-state index in [0.717, 1.165) is 14.8 Å². The second kappa shape index (κ2) is 7.07. The van der Waals surface area contributed by atoms with Crippen LogP contribution in [0.3, 0.4) is 0 Å². The number of aliphatic hydroxyl groups excluding tert-OH is 1. The van der Waals surface area contributed by atoms with Gasteiger partial charge in [0.05, 0.1) is 20.6 Å². The standard InChI is InChI=1S/C19H14N2O4S2/c22-14(11-5-7-12(8-6-11)21(24)25)10-20-19(23)17-9-16-18(27-17)13-3-1-2-4-15(13)26-16/h1-9,14,22H,10H2,(H,20,23)/t14-/m0/s1. The number of non-ortho nitro benzene ring substituents is 1. The molecule has 0 fully saturated rings. The number of carbonyl (C=O) groups is 1. The van der Waals surface area contributed by atoms with E-state index in [1.54, 1.807) is 11.3 Å². The highest BCUT2D eigenvalue weighted by molar-refractivity contribution is 7.33. The first-order valence-corrected chi connectivity index (χ1v) is 9.78. The van der Waals surface area contributed by atoms with Crippen LogP contribution in [-0.2, 0) is 0 Å². The van der Waals surface area contributed by atoms with Crippen LogP contribution in [0.4, 0.5) is 5.69 Å². The van der Waals surface area contributed by atoms with Gasteiger partial charge < -0.3 is 10.4 Å². The fourth-order valence-electron chi connectivity index (χ4n) is 2.82. The number of nitrogens with one attached hydrogen (secondary N) is 1. The zero-order chi connectivity index (χ0) is 19.0. The number of rotatable bonds is 5. The van der Waals surface area contributed by atoms with Crippen LogP contribution >= 0.6 is 22.7 Å². The maximum absolute atomic E-state index is 12.4. The molecule has 2 aromatic carbocycles. The van der Waals surface area contributed by atoms with Gasteiger partial charge in [-0.2, -0.15) is 0 Å². The second-order valence-electron chi connectivity index (χ2n) is 5.98. The number of nitro groups is 1. The van der Waals surface area contributed by atoms with E-state index in [0.29, 0.717) is 10.4 Å². The van der Waals surface area contributed by atoms with Crippen molar-refractivity contribution in [2.24, 2.45) is 0 Å². The Morgan fingerprint density at radius 2 is 1.85 bits per heavy atom. The molecule has 0 saturated heterocycles. The third-order valence-electron chi connectivity index (χ3n) is 4.22. The highest BCUT2D eigenvalue weighted by atomic mass is 32.1. The van der Waals surface area contributed by atoms with E-state index in [-0.39, 0.29) is 18.1 Å². The molecule has 8 heteroatoms. The Morgan fingerprint density at radius 3 is 2.59 bits per heavy atom. The van der Waals surface area contributed by atoms with Gasteiger partial charge in [-0.3, -0.25) is 14.9 Å². The lowest BCUT2D eigenvalue weighted by Crippen LogP contribution is -2.27. The molecule has 0 bridgehead atoms. The van der Waals surface area contributed by atoms with Crippen LogP contribution in [-0.4, -0.2) is 22.5 Å². The topological polar surface area (TPSA) is 92.5 Å². The van der Waals surface area contributed by atoms with E-state index >= 15 is 0 Å². The molecule has 0 aliphatic rings. The van der Waals surface area contributed by atoms with E-state index < -0.39 is 11.0 Å². The fraction of sp³-hybridized carbons (Fsp3) is 0.105. The number of carbonyl (C=O) groups excluding carboxylic acids is 1. The molecule has 2 N–H and O–H groups in total. The first-order valence-electron chi connectivity index (χ1n) is 8.14. The van der Waals surface area contributed by atoms with Crippen molar-refractivity contribution >= 4 is 53.8 Å². The zero-order valence-electron chi connectivity index (χ0n) is 13.9. The molecule has 4 rings (SSSR count). The molecule has 2 aromatic heterocycles. The highest BCUT2D eigenvalue weighted by Gasteiger charge is 2.16. The minimum Gasteiger partial charge on any atom is -0.387 e. The number of fused-ring (bicyclic) bond motifs is 3. The van der Waals surface area contributed by atoms with Crippen molar-refractivity contribution in [3.8, 4) is 0 Å². The Hall–Kier alpha value is -2.81. The number of nitrogens with zero attached hydrogens (tertiary/aromatic N) is 1. The van der Waals surface area contributed by atoms with Crippen molar-refractivity contribution in [1.29, 1.82) is 0 Å². The monoisotopic (exact) mass is 398 g/mol. The van der Waals surface area contributed by atoms with Crippen LogP contribution in [0.2, 0.25) is 0 Å². The number of aliphatic hydroxyl groups is 1. The summed E-state index contributed by atoms with van der Waals surface area (Å²) in [5, 5.41) is 24.8. The molecule has 1 amide bonds. The summed E-state index contributed by atoms with van der Waals surface area (Å²) in [6, 6.07) is 15.6. The van der Waals surface area contributed by atoms with Gasteiger partial charge in [-0.1, -0.05) is 18.2 Å². The Bertz CT molecular complexity index is 1150. The van der Waals surface area contributed by atoms with Crippen molar-refractivity contribution in [3.05, 3.63) is 75.2 Å². The average molecular weight is 398 g/mol. The lowest BCUT2D eigenvalue weighted by atomic mass is 10.1. The van der Waals surface area contributed by atoms with Gasteiger partial charge in [-0.15, -0.1) is 22.7 Å². The molecule has 27 heavy (non-hydrogen) atoms. The molecule has 0 unspecified atom stereocenters. The lowest BCUT2D eigenvalue weighted by molar-refractivity contribution is -0.384. The van der Waals surface area contributed by atoms with Crippen LogP contribution in [0, 0.1) is 10.1 Å². The van der Waals surface area contributed by atoms with E-state index in [1.165, 1.54) is 40.3 Å². The summed E-state index contributed by atoms with van der Waals surface area (Å²) in [5.74, 6) is -0.242. The van der Waals surface area contributed by atoms with Gasteiger partial charge in [0.1, 0.15) is 0 Å². The molecule has 4 aromatic rings. The molecule has 0 spiro atoms. The predicted molar refractivity (Wildman–Crippen MR) is 108 cm³/mol. The SMILES string of the molecule is O=C(NC[C@H](O)c1ccc([N+](=O)[O-])cc1)c1cc2sc3ccccc3c2s1. The summed E-state index contributed by atoms with van der Waals surface area (Å²) in [5.41, 5.74) is 0.472. The smallest absolute Gasteiger partial charge is 0.269 e. The molecule has 0 saturated carbocycles. The van der Waals surface area contributed by atoms with E-state index in [2.05, 4.69) is 11.4 Å². The predicted octanol–water partition coefficient (Wildman–Crippen LogP) is 4.49. The van der Waals surface area contributed by atoms with Gasteiger partial charge in [-0.25, -0.2) is 0 Å². The third kappa shape index (κ3) is 3.42. The molecular weight excluding hydrogens is 384 g/mol. The van der Waals surface area contributed by atoms with Crippen molar-refractivity contribution in [1.82, 2.24) is 5.32 Å². The van der Waals surface area contributed by atoms with Crippen LogP contribution < -0.4 is 5.32 Å². The Morgan fingerprint density at radius 1 is 1.11 bits per heavy atom. The number of nitro benzene ring substituents is 1. The largest absolute Gasteiger partial charge is 0.387 e. The van der Waals surface area contributed by atoms with Crippen LogP contribution in [0.15, 0.2) is 54.6 Å². The molecule has 136 valence electrons. The molecular formula is C19H14N2O4S2. The Kier molecular flexibility index (Phi) is 4.61. The first kappa shape index (κ1) is 17.6. The van der Waals surface area contributed by atoms with Gasteiger partial charge in [-0.05, 0) is 29.8 Å². The van der Waals surface area contributed by atoms with Gasteiger partial charge >= 0.3 is 0 Å². The number of hydrogen-bond acceptors (Lipinski definition) is 6. The maximum atomic E-state index is 12.4.